The van der Waals surface area contributed by atoms with E-state index in [9.17, 15) is 4.79 Å². The fraction of sp³-hybridized carbons (Fsp3) is 0.609. The molecule has 2 aromatic rings. The molecule has 0 aliphatic carbocycles. The summed E-state index contributed by atoms with van der Waals surface area (Å²) in [5, 5.41) is 3.42. The van der Waals surface area contributed by atoms with Crippen LogP contribution in [0.2, 0.25) is 0 Å². The Labute approximate surface area is 208 Å². The highest BCUT2D eigenvalue weighted by atomic mass is 127. The van der Waals surface area contributed by atoms with Gasteiger partial charge in [0.1, 0.15) is 5.65 Å². The molecule has 4 rings (SSSR count). The number of carbonyl (C=O) groups is 1. The van der Waals surface area contributed by atoms with Gasteiger partial charge in [-0.25, -0.2) is 9.98 Å². The maximum absolute atomic E-state index is 12.6. The zero-order valence-electron chi connectivity index (χ0n) is 19.3. The summed E-state index contributed by atoms with van der Waals surface area (Å²) in [5.41, 5.74) is 3.10. The van der Waals surface area contributed by atoms with E-state index < -0.39 is 0 Å². The molecule has 2 aliphatic heterocycles. The molecule has 1 amide bonds. The maximum Gasteiger partial charge on any atom is 0.236 e. The van der Waals surface area contributed by atoms with Gasteiger partial charge < -0.3 is 19.5 Å². The quantitative estimate of drug-likeness (QED) is 0.350. The first-order valence-corrected chi connectivity index (χ1v) is 11.6. The highest BCUT2D eigenvalue weighted by Crippen LogP contribution is 2.12. The van der Waals surface area contributed by atoms with E-state index in [4.69, 9.17) is 9.98 Å². The average molecular weight is 553 g/mol. The molecule has 0 spiro atoms. The number of hydrogen-bond donors (Lipinski definition) is 1. The molecule has 32 heavy (non-hydrogen) atoms. The first-order valence-electron chi connectivity index (χ1n) is 11.6. The van der Waals surface area contributed by atoms with E-state index in [0.29, 0.717) is 13.1 Å². The third kappa shape index (κ3) is 6.12. The fourth-order valence-electron chi connectivity index (χ4n) is 4.41. The van der Waals surface area contributed by atoms with Gasteiger partial charge in [0.05, 0.1) is 18.8 Å². The van der Waals surface area contributed by atoms with Crippen molar-refractivity contribution in [3.63, 3.8) is 0 Å². The second-order valence-corrected chi connectivity index (χ2v) is 8.50. The predicted molar refractivity (Wildman–Crippen MR) is 139 cm³/mol. The number of pyridine rings is 1. The molecule has 0 radical (unpaired) electrons. The molecule has 176 valence electrons. The van der Waals surface area contributed by atoms with Crippen molar-refractivity contribution in [3.05, 3.63) is 35.8 Å². The summed E-state index contributed by atoms with van der Waals surface area (Å²) in [6.07, 6.45) is 5.62. The normalized spacial score (nSPS) is 18.0. The van der Waals surface area contributed by atoms with Gasteiger partial charge in [0.2, 0.25) is 5.91 Å². The molecule has 4 heterocycles. The number of aryl methyl sites for hydroxylation is 1. The van der Waals surface area contributed by atoms with Crippen LogP contribution in [0.5, 0.6) is 0 Å². The van der Waals surface area contributed by atoms with Crippen molar-refractivity contribution in [2.75, 3.05) is 52.4 Å². The van der Waals surface area contributed by atoms with Gasteiger partial charge in [-0.3, -0.25) is 9.69 Å². The Morgan fingerprint density at radius 1 is 1.06 bits per heavy atom. The third-order valence-corrected chi connectivity index (χ3v) is 6.21. The Hall–Kier alpha value is -1.88. The maximum atomic E-state index is 12.6. The van der Waals surface area contributed by atoms with Crippen LogP contribution in [0, 0.1) is 6.92 Å². The Bertz CT molecular complexity index is 914. The lowest BCUT2D eigenvalue weighted by Crippen LogP contribution is -2.54. The highest BCUT2D eigenvalue weighted by Gasteiger charge is 2.24. The van der Waals surface area contributed by atoms with Crippen LogP contribution in [0.1, 0.15) is 37.6 Å². The van der Waals surface area contributed by atoms with Gasteiger partial charge in [-0.05, 0) is 45.2 Å². The van der Waals surface area contributed by atoms with Crippen molar-refractivity contribution >= 4 is 41.5 Å². The zero-order chi connectivity index (χ0) is 21.6. The van der Waals surface area contributed by atoms with Crippen molar-refractivity contribution in [1.82, 2.24) is 29.4 Å². The Morgan fingerprint density at radius 3 is 2.50 bits per heavy atom. The molecule has 0 atom stereocenters. The van der Waals surface area contributed by atoms with Crippen LogP contribution in [0.25, 0.3) is 5.65 Å². The van der Waals surface area contributed by atoms with E-state index in [1.54, 1.807) is 0 Å². The lowest BCUT2D eigenvalue weighted by atomic mass is 10.1. The molecule has 2 saturated heterocycles. The first-order chi connectivity index (χ1) is 15.1. The number of nitrogens with zero attached hydrogens (tertiary/aromatic N) is 6. The number of carbonyl (C=O) groups excluding carboxylic acids is 1. The van der Waals surface area contributed by atoms with Crippen LogP contribution in [0.4, 0.5) is 0 Å². The fourth-order valence-corrected chi connectivity index (χ4v) is 4.41. The molecular formula is C23H36IN7O. The summed E-state index contributed by atoms with van der Waals surface area (Å²) < 4.78 is 2.11. The van der Waals surface area contributed by atoms with Crippen LogP contribution in [0.3, 0.4) is 0 Å². The summed E-state index contributed by atoms with van der Waals surface area (Å²) in [7, 11) is 0. The number of amides is 1. The molecule has 9 heteroatoms. The Balaban J connectivity index is 0.00000289. The second-order valence-electron chi connectivity index (χ2n) is 8.50. The number of piperidine rings is 1. The minimum absolute atomic E-state index is 0. The first kappa shape index (κ1) is 24.8. The number of rotatable bonds is 5. The summed E-state index contributed by atoms with van der Waals surface area (Å²) in [5.74, 6) is 1.22. The number of aliphatic imine (C=N–C) groups is 1. The topological polar surface area (TPSA) is 68.5 Å². The minimum atomic E-state index is 0. The van der Waals surface area contributed by atoms with Crippen LogP contribution >= 0.6 is 24.0 Å². The van der Waals surface area contributed by atoms with Gasteiger partial charge in [0.25, 0.3) is 0 Å². The molecule has 0 aromatic carbocycles. The van der Waals surface area contributed by atoms with E-state index >= 15 is 0 Å². The number of aromatic nitrogens is 2. The molecule has 0 saturated carbocycles. The molecule has 1 N–H and O–H groups in total. The molecule has 0 unspecified atom stereocenters. The van der Waals surface area contributed by atoms with E-state index in [-0.39, 0.29) is 29.9 Å². The standard InChI is InChI=1S/C23H35N7O.HI/c1-3-24-23(25-16-20-17-30-19(2)8-7-9-21(30)26-20)29-14-12-27(13-15-29)18-22(31)28-10-5-4-6-11-28;/h7-9,17H,3-6,10-16,18H2,1-2H3,(H,24,25);1H. The summed E-state index contributed by atoms with van der Waals surface area (Å²) >= 11 is 0. The van der Waals surface area contributed by atoms with Crippen molar-refractivity contribution in [2.24, 2.45) is 4.99 Å². The lowest BCUT2D eigenvalue weighted by Gasteiger charge is -2.37. The van der Waals surface area contributed by atoms with E-state index in [2.05, 4.69) is 45.6 Å². The lowest BCUT2D eigenvalue weighted by molar-refractivity contribution is -0.133. The van der Waals surface area contributed by atoms with Crippen molar-refractivity contribution in [1.29, 1.82) is 0 Å². The number of guanidine groups is 1. The molecule has 2 aromatic heterocycles. The minimum Gasteiger partial charge on any atom is -0.357 e. The van der Waals surface area contributed by atoms with Gasteiger partial charge in [0, 0.05) is 57.7 Å². The smallest absolute Gasteiger partial charge is 0.236 e. The monoisotopic (exact) mass is 553 g/mol. The highest BCUT2D eigenvalue weighted by molar-refractivity contribution is 14.0. The average Bonchev–Trinajstić information content (AvgIpc) is 3.22. The van der Waals surface area contributed by atoms with Gasteiger partial charge >= 0.3 is 0 Å². The third-order valence-electron chi connectivity index (χ3n) is 6.21. The van der Waals surface area contributed by atoms with E-state index in [0.717, 1.165) is 76.0 Å². The zero-order valence-corrected chi connectivity index (χ0v) is 21.6. The van der Waals surface area contributed by atoms with Crippen LogP contribution in [-0.2, 0) is 11.3 Å². The number of imidazole rings is 1. The molecule has 2 fully saturated rings. The number of likely N-dealkylation sites (tertiary alicyclic amines) is 1. The van der Waals surface area contributed by atoms with E-state index in [1.807, 2.05) is 17.0 Å². The summed E-state index contributed by atoms with van der Waals surface area (Å²) in [6.45, 7) is 11.5. The second kappa shape index (κ2) is 11.8. The van der Waals surface area contributed by atoms with Gasteiger partial charge in [-0.15, -0.1) is 24.0 Å². The van der Waals surface area contributed by atoms with E-state index in [1.165, 1.54) is 12.1 Å². The van der Waals surface area contributed by atoms with Crippen molar-refractivity contribution in [2.45, 2.75) is 39.7 Å². The number of fused-ring (bicyclic) bond motifs is 1. The van der Waals surface area contributed by atoms with Crippen molar-refractivity contribution in [3.8, 4) is 0 Å². The predicted octanol–water partition coefficient (Wildman–Crippen LogP) is 2.36. The SMILES string of the molecule is CCNC(=NCc1cn2c(C)cccc2n1)N1CCN(CC(=O)N2CCCCC2)CC1.I. The van der Waals surface area contributed by atoms with Crippen LogP contribution < -0.4 is 5.32 Å². The number of hydrogen-bond acceptors (Lipinski definition) is 4. The Morgan fingerprint density at radius 2 is 1.81 bits per heavy atom. The largest absolute Gasteiger partial charge is 0.357 e. The molecule has 8 nitrogen and oxygen atoms in total. The van der Waals surface area contributed by atoms with Gasteiger partial charge in [-0.2, -0.15) is 0 Å². The number of nitrogens with one attached hydrogen (secondary N) is 1. The Kier molecular flexibility index (Phi) is 9.15. The summed E-state index contributed by atoms with van der Waals surface area (Å²) in [4.78, 5) is 28.7. The molecule has 2 aliphatic rings. The van der Waals surface area contributed by atoms with Crippen molar-refractivity contribution < 1.29 is 4.79 Å². The van der Waals surface area contributed by atoms with Gasteiger partial charge in [-0.1, -0.05) is 6.07 Å². The van der Waals surface area contributed by atoms with Crippen LogP contribution in [-0.4, -0.2) is 88.3 Å². The van der Waals surface area contributed by atoms with Gasteiger partial charge in [0.15, 0.2) is 5.96 Å². The number of halogens is 1. The number of piperazine rings is 1. The summed E-state index contributed by atoms with van der Waals surface area (Å²) in [6, 6.07) is 6.14. The molecule has 0 bridgehead atoms. The van der Waals surface area contributed by atoms with Crippen LogP contribution in [0.15, 0.2) is 29.4 Å². The molecular weight excluding hydrogens is 517 g/mol.